The van der Waals surface area contributed by atoms with Crippen LogP contribution in [0.4, 0.5) is 4.79 Å². The van der Waals surface area contributed by atoms with Crippen LogP contribution in [0.1, 0.15) is 15.2 Å². The normalized spacial score (nSPS) is 14.0. The number of urea groups is 1. The topological polar surface area (TPSA) is 102 Å². The van der Waals surface area contributed by atoms with E-state index in [0.29, 0.717) is 16.2 Å². The molecule has 0 saturated carbocycles. The Morgan fingerprint density at radius 2 is 1.67 bits per heavy atom. The van der Waals surface area contributed by atoms with Gasteiger partial charge in [-0.15, -0.1) is 11.3 Å². The van der Waals surface area contributed by atoms with Crippen molar-refractivity contribution in [1.82, 2.24) is 10.6 Å². The van der Waals surface area contributed by atoms with E-state index in [1.165, 1.54) is 17.4 Å². The van der Waals surface area contributed by atoms with Gasteiger partial charge in [-0.3, -0.25) is 20.2 Å². The number of amides is 4. The Labute approximate surface area is 139 Å². The number of hydrogen-bond donors (Lipinski definition) is 2. The molecule has 0 atom stereocenters. The van der Waals surface area contributed by atoms with Gasteiger partial charge in [0.15, 0.2) is 0 Å². The third kappa shape index (κ3) is 3.39. The molecule has 24 heavy (non-hydrogen) atoms. The lowest BCUT2D eigenvalue weighted by Crippen LogP contribution is -2.51. The summed E-state index contributed by atoms with van der Waals surface area (Å²) in [5.74, 6) is -1.65. The molecule has 1 aliphatic rings. The number of thiophene rings is 1. The van der Waals surface area contributed by atoms with Crippen LogP contribution >= 0.6 is 11.3 Å². The van der Waals surface area contributed by atoms with Crippen molar-refractivity contribution in [3.63, 3.8) is 0 Å². The van der Waals surface area contributed by atoms with Crippen LogP contribution in [0.2, 0.25) is 0 Å². The number of nitrogens with one attached hydrogen (secondary N) is 2. The van der Waals surface area contributed by atoms with E-state index in [1.807, 2.05) is 10.6 Å². The van der Waals surface area contributed by atoms with E-state index in [9.17, 15) is 19.2 Å². The SMILES string of the molecule is O=C1NC(=O)C(=Cc2ccc(OC(=O)c3cccs3)cc2)C(=O)N1. The van der Waals surface area contributed by atoms with Crippen LogP contribution in [0.25, 0.3) is 6.08 Å². The highest BCUT2D eigenvalue weighted by Gasteiger charge is 2.27. The number of imide groups is 2. The van der Waals surface area contributed by atoms with Crippen LogP contribution in [-0.2, 0) is 9.59 Å². The smallest absolute Gasteiger partial charge is 0.353 e. The molecule has 0 radical (unpaired) electrons. The van der Waals surface area contributed by atoms with Crippen LogP contribution in [0.5, 0.6) is 5.75 Å². The van der Waals surface area contributed by atoms with Gasteiger partial charge in [-0.05, 0) is 35.2 Å². The molecule has 1 aliphatic heterocycles. The predicted octanol–water partition coefficient (Wildman–Crippen LogP) is 1.72. The van der Waals surface area contributed by atoms with Crippen LogP contribution in [0, 0.1) is 0 Å². The van der Waals surface area contributed by atoms with Gasteiger partial charge < -0.3 is 4.74 Å². The van der Waals surface area contributed by atoms with Crippen molar-refractivity contribution in [2.75, 3.05) is 0 Å². The minimum Gasteiger partial charge on any atom is -0.422 e. The van der Waals surface area contributed by atoms with Gasteiger partial charge in [-0.25, -0.2) is 9.59 Å². The average molecular weight is 342 g/mol. The maximum atomic E-state index is 11.8. The molecule has 0 unspecified atom stereocenters. The highest BCUT2D eigenvalue weighted by atomic mass is 32.1. The Kier molecular flexibility index (Phi) is 4.21. The molecule has 4 amide bonds. The fourth-order valence-corrected chi connectivity index (χ4v) is 2.56. The molecular weight excluding hydrogens is 332 g/mol. The van der Waals surface area contributed by atoms with E-state index in [-0.39, 0.29) is 5.57 Å². The number of rotatable bonds is 3. The van der Waals surface area contributed by atoms with Gasteiger partial charge in [-0.2, -0.15) is 0 Å². The van der Waals surface area contributed by atoms with Gasteiger partial charge >= 0.3 is 12.0 Å². The van der Waals surface area contributed by atoms with E-state index in [4.69, 9.17) is 4.74 Å². The van der Waals surface area contributed by atoms with Gasteiger partial charge in [-0.1, -0.05) is 18.2 Å². The zero-order valence-corrected chi connectivity index (χ0v) is 12.9. The van der Waals surface area contributed by atoms with Gasteiger partial charge in [0.05, 0.1) is 0 Å². The summed E-state index contributed by atoms with van der Waals surface area (Å²) >= 11 is 1.28. The van der Waals surface area contributed by atoms with Crippen molar-refractivity contribution in [3.8, 4) is 5.75 Å². The second-order valence-corrected chi connectivity index (χ2v) is 5.68. The maximum Gasteiger partial charge on any atom is 0.353 e. The van der Waals surface area contributed by atoms with Crippen LogP contribution < -0.4 is 15.4 Å². The standard InChI is InChI=1S/C16H10N2O5S/c19-13-11(14(20)18-16(22)17-13)8-9-3-5-10(6-4-9)23-15(21)12-2-1-7-24-12/h1-8H,(H2,17,18,19,20,22). The van der Waals surface area contributed by atoms with E-state index in [2.05, 4.69) is 0 Å². The second kappa shape index (κ2) is 6.47. The minimum absolute atomic E-state index is 0.182. The molecule has 1 aromatic heterocycles. The summed E-state index contributed by atoms with van der Waals surface area (Å²) < 4.78 is 5.21. The first-order chi connectivity index (χ1) is 11.5. The Morgan fingerprint density at radius 1 is 1.00 bits per heavy atom. The number of hydrogen-bond acceptors (Lipinski definition) is 6. The van der Waals surface area contributed by atoms with Crippen molar-refractivity contribution in [2.24, 2.45) is 0 Å². The molecule has 1 fully saturated rings. The summed E-state index contributed by atoms with van der Waals surface area (Å²) in [7, 11) is 0. The molecule has 0 aliphatic carbocycles. The summed E-state index contributed by atoms with van der Waals surface area (Å²) in [6.07, 6.45) is 1.34. The molecule has 0 bridgehead atoms. The Hall–Kier alpha value is -3.26. The first kappa shape index (κ1) is 15.6. The number of barbiturate groups is 1. The third-order valence-corrected chi connectivity index (χ3v) is 3.92. The lowest BCUT2D eigenvalue weighted by Gasteiger charge is -2.13. The molecule has 1 saturated heterocycles. The zero-order valence-electron chi connectivity index (χ0n) is 12.1. The van der Waals surface area contributed by atoms with Crippen LogP contribution in [0.15, 0.2) is 47.4 Å². The Morgan fingerprint density at radius 3 is 2.25 bits per heavy atom. The summed E-state index contributed by atoms with van der Waals surface area (Å²) in [4.78, 5) is 46.6. The first-order valence-corrected chi connectivity index (χ1v) is 7.65. The van der Waals surface area contributed by atoms with Crippen molar-refractivity contribution >= 4 is 41.2 Å². The quantitative estimate of drug-likeness (QED) is 0.383. The fraction of sp³-hybridized carbons (Fsp3) is 0. The molecule has 2 aromatic rings. The number of esters is 1. The second-order valence-electron chi connectivity index (χ2n) is 4.73. The highest BCUT2D eigenvalue weighted by molar-refractivity contribution is 7.12. The Bertz CT molecular complexity index is 831. The molecule has 3 rings (SSSR count). The molecule has 7 nitrogen and oxygen atoms in total. The van der Waals surface area contributed by atoms with E-state index < -0.39 is 23.8 Å². The van der Waals surface area contributed by atoms with Crippen molar-refractivity contribution in [3.05, 3.63) is 57.8 Å². The highest BCUT2D eigenvalue weighted by Crippen LogP contribution is 2.18. The molecule has 1 aromatic carbocycles. The molecule has 0 spiro atoms. The Balaban J connectivity index is 1.74. The van der Waals surface area contributed by atoms with Crippen molar-refractivity contribution in [1.29, 1.82) is 0 Å². The monoisotopic (exact) mass is 342 g/mol. The summed E-state index contributed by atoms with van der Waals surface area (Å²) in [5.41, 5.74) is 0.360. The summed E-state index contributed by atoms with van der Waals surface area (Å²) in [6, 6.07) is 8.82. The number of ether oxygens (including phenoxy) is 1. The van der Waals surface area contributed by atoms with E-state index in [0.717, 1.165) is 0 Å². The lowest BCUT2D eigenvalue weighted by atomic mass is 10.1. The third-order valence-electron chi connectivity index (χ3n) is 3.07. The molecule has 120 valence electrons. The number of benzene rings is 1. The summed E-state index contributed by atoms with van der Waals surface area (Å²) in [5, 5.41) is 5.75. The fourth-order valence-electron chi connectivity index (χ4n) is 1.96. The van der Waals surface area contributed by atoms with Gasteiger partial charge in [0.2, 0.25) is 0 Å². The van der Waals surface area contributed by atoms with Crippen LogP contribution in [0.3, 0.4) is 0 Å². The van der Waals surface area contributed by atoms with E-state index >= 15 is 0 Å². The summed E-state index contributed by atoms with van der Waals surface area (Å²) in [6.45, 7) is 0. The van der Waals surface area contributed by atoms with E-state index in [1.54, 1.807) is 41.8 Å². The molecule has 2 heterocycles. The largest absolute Gasteiger partial charge is 0.422 e. The minimum atomic E-state index is -0.849. The molecule has 2 N–H and O–H groups in total. The average Bonchev–Trinajstić information content (AvgIpc) is 3.07. The number of carbonyl (C=O) groups excluding carboxylic acids is 4. The lowest BCUT2D eigenvalue weighted by molar-refractivity contribution is -0.123. The van der Waals surface area contributed by atoms with Crippen molar-refractivity contribution < 1.29 is 23.9 Å². The number of carbonyl (C=O) groups is 4. The van der Waals surface area contributed by atoms with Crippen LogP contribution in [-0.4, -0.2) is 23.8 Å². The van der Waals surface area contributed by atoms with Gasteiger partial charge in [0.25, 0.3) is 11.8 Å². The maximum absolute atomic E-state index is 11.8. The predicted molar refractivity (Wildman–Crippen MR) is 85.4 cm³/mol. The van der Waals surface area contributed by atoms with Crippen molar-refractivity contribution in [2.45, 2.75) is 0 Å². The first-order valence-electron chi connectivity index (χ1n) is 6.77. The zero-order chi connectivity index (χ0) is 17.1. The molecular formula is C16H10N2O5S. The molecule has 8 heteroatoms. The van der Waals surface area contributed by atoms with Gasteiger partial charge in [0, 0.05) is 0 Å². The van der Waals surface area contributed by atoms with Gasteiger partial charge in [0.1, 0.15) is 16.2 Å².